The molecule has 4 aromatic rings. The highest BCUT2D eigenvalue weighted by molar-refractivity contribution is 5.93. The molecule has 0 aliphatic rings. The van der Waals surface area contributed by atoms with E-state index < -0.39 is 11.7 Å². The summed E-state index contributed by atoms with van der Waals surface area (Å²) in [5, 5.41) is 4.01. The molecule has 0 unspecified atom stereocenters. The molecular formula is C33H37F3N4O2. The van der Waals surface area contributed by atoms with Crippen LogP contribution in [0.4, 0.5) is 23.7 Å². The summed E-state index contributed by atoms with van der Waals surface area (Å²) in [6, 6.07) is 19.9. The van der Waals surface area contributed by atoms with Crippen molar-refractivity contribution in [2.24, 2.45) is 5.92 Å². The number of urea groups is 1. The first-order valence-electron chi connectivity index (χ1n) is 14.2. The minimum absolute atomic E-state index is 0.111. The van der Waals surface area contributed by atoms with Gasteiger partial charge in [0.05, 0.1) is 5.56 Å². The summed E-state index contributed by atoms with van der Waals surface area (Å²) < 4.78 is 39.4. The van der Waals surface area contributed by atoms with Crippen LogP contribution in [-0.2, 0) is 30.4 Å². The molecule has 42 heavy (non-hydrogen) atoms. The molecule has 3 amide bonds. The number of H-pyrrole nitrogens is 1. The first-order valence-corrected chi connectivity index (χ1v) is 14.2. The van der Waals surface area contributed by atoms with Gasteiger partial charge in [-0.1, -0.05) is 69.3 Å². The van der Waals surface area contributed by atoms with Crippen molar-refractivity contribution in [2.45, 2.75) is 46.3 Å². The van der Waals surface area contributed by atoms with Crippen LogP contribution in [0.25, 0.3) is 10.9 Å². The predicted molar refractivity (Wildman–Crippen MR) is 160 cm³/mol. The molecule has 222 valence electrons. The average Bonchev–Trinajstić information content (AvgIpc) is 3.37. The van der Waals surface area contributed by atoms with Crippen LogP contribution >= 0.6 is 0 Å². The van der Waals surface area contributed by atoms with Crippen LogP contribution in [0, 0.1) is 5.92 Å². The highest BCUT2D eigenvalue weighted by atomic mass is 19.4. The molecule has 0 saturated heterocycles. The van der Waals surface area contributed by atoms with Crippen molar-refractivity contribution in [2.75, 3.05) is 25.0 Å². The molecule has 0 aliphatic heterocycles. The Hall–Kier alpha value is -4.27. The molecule has 0 aliphatic carbocycles. The van der Waals surface area contributed by atoms with Crippen molar-refractivity contribution in [3.63, 3.8) is 0 Å². The Morgan fingerprint density at radius 1 is 0.905 bits per heavy atom. The number of hydrogen-bond donors (Lipinski definition) is 2. The minimum Gasteiger partial charge on any atom is -0.361 e. The minimum atomic E-state index is -4.44. The standard InChI is InChI=1S/C33H37F3N4O2/c1-4-25-9-5-7-11-29(25)38-32(42)40(20-23(2)3)22-31(41)39(21-24-13-15-27(16-14-24)33(34,35)36)18-17-26-19-37-30-12-8-6-10-28(26)30/h5-16,19,23,37H,4,17-18,20-22H2,1-3H3,(H,38,42). The lowest BCUT2D eigenvalue weighted by Crippen LogP contribution is -2.46. The zero-order valence-electron chi connectivity index (χ0n) is 24.2. The maximum Gasteiger partial charge on any atom is 0.416 e. The third-order valence-electron chi connectivity index (χ3n) is 7.17. The van der Waals surface area contributed by atoms with Gasteiger partial charge in [-0.2, -0.15) is 13.2 Å². The maximum absolute atomic E-state index is 13.8. The number of nitrogens with zero attached hydrogens (tertiary/aromatic N) is 2. The lowest BCUT2D eigenvalue weighted by molar-refractivity contribution is -0.137. The quantitative estimate of drug-likeness (QED) is 0.193. The molecule has 2 N–H and O–H groups in total. The molecule has 1 aromatic heterocycles. The third kappa shape index (κ3) is 7.93. The number of alkyl halides is 3. The lowest BCUT2D eigenvalue weighted by atomic mass is 10.1. The number of aryl methyl sites for hydroxylation is 1. The van der Waals surface area contributed by atoms with E-state index in [1.54, 1.807) is 4.90 Å². The number of carbonyl (C=O) groups excluding carboxylic acids is 2. The Bertz CT molecular complexity index is 1500. The van der Waals surface area contributed by atoms with Gasteiger partial charge in [-0.15, -0.1) is 0 Å². The molecule has 0 spiro atoms. The molecule has 1 heterocycles. The van der Waals surface area contributed by atoms with E-state index in [1.807, 2.05) is 75.5 Å². The van der Waals surface area contributed by atoms with Crippen LogP contribution in [0.1, 0.15) is 43.0 Å². The van der Waals surface area contributed by atoms with E-state index in [0.717, 1.165) is 40.6 Å². The number of hydrogen-bond acceptors (Lipinski definition) is 2. The zero-order chi connectivity index (χ0) is 30.3. The molecule has 0 saturated carbocycles. The Kier molecular flexibility index (Phi) is 9.93. The van der Waals surface area contributed by atoms with Gasteiger partial charge in [0.2, 0.25) is 5.91 Å². The number of carbonyl (C=O) groups is 2. The van der Waals surface area contributed by atoms with Gasteiger partial charge in [-0.05, 0) is 59.7 Å². The second-order valence-electron chi connectivity index (χ2n) is 10.8. The second-order valence-corrected chi connectivity index (χ2v) is 10.8. The van der Waals surface area contributed by atoms with Crippen LogP contribution in [0.3, 0.4) is 0 Å². The monoisotopic (exact) mass is 578 g/mol. The van der Waals surface area contributed by atoms with Crippen molar-refractivity contribution in [1.82, 2.24) is 14.8 Å². The van der Waals surface area contributed by atoms with Crippen molar-refractivity contribution in [3.8, 4) is 0 Å². The summed E-state index contributed by atoms with van der Waals surface area (Å²) in [6.07, 6.45) is -1.25. The Morgan fingerprint density at radius 2 is 1.60 bits per heavy atom. The number of rotatable bonds is 11. The van der Waals surface area contributed by atoms with Gasteiger partial charge < -0.3 is 20.1 Å². The third-order valence-corrected chi connectivity index (χ3v) is 7.17. The summed E-state index contributed by atoms with van der Waals surface area (Å²) in [4.78, 5) is 33.5. The van der Waals surface area contributed by atoms with E-state index in [1.165, 1.54) is 17.0 Å². The van der Waals surface area contributed by atoms with Crippen LogP contribution in [-0.4, -0.2) is 46.4 Å². The van der Waals surface area contributed by atoms with Crippen LogP contribution in [0.5, 0.6) is 0 Å². The first kappa shape index (κ1) is 30.7. The Balaban J connectivity index is 1.55. The number of anilines is 1. The van der Waals surface area contributed by atoms with Gasteiger partial charge in [0.15, 0.2) is 0 Å². The summed E-state index contributed by atoms with van der Waals surface area (Å²) in [7, 11) is 0. The molecule has 0 atom stereocenters. The molecule has 0 bridgehead atoms. The number of amides is 3. The number of para-hydroxylation sites is 2. The Labute approximate surface area is 244 Å². The molecule has 0 fully saturated rings. The topological polar surface area (TPSA) is 68.4 Å². The van der Waals surface area contributed by atoms with E-state index in [0.29, 0.717) is 30.8 Å². The fourth-order valence-electron chi connectivity index (χ4n) is 4.97. The van der Waals surface area contributed by atoms with Crippen LogP contribution in [0.2, 0.25) is 0 Å². The molecule has 3 aromatic carbocycles. The normalized spacial score (nSPS) is 11.6. The number of aromatic amines is 1. The van der Waals surface area contributed by atoms with Crippen LogP contribution < -0.4 is 5.32 Å². The zero-order valence-corrected chi connectivity index (χ0v) is 24.2. The fourth-order valence-corrected chi connectivity index (χ4v) is 4.97. The maximum atomic E-state index is 13.8. The number of aromatic nitrogens is 1. The van der Waals surface area contributed by atoms with Crippen molar-refractivity contribution in [3.05, 3.63) is 101 Å². The molecule has 9 heteroatoms. The van der Waals surface area contributed by atoms with Gasteiger partial charge in [-0.3, -0.25) is 4.79 Å². The summed E-state index contributed by atoms with van der Waals surface area (Å²) in [6.45, 7) is 6.61. The molecular weight excluding hydrogens is 541 g/mol. The molecule has 6 nitrogen and oxygen atoms in total. The summed E-state index contributed by atoms with van der Waals surface area (Å²) in [5.41, 5.74) is 3.54. The van der Waals surface area contributed by atoms with E-state index >= 15 is 0 Å². The molecule has 0 radical (unpaired) electrons. The first-order chi connectivity index (χ1) is 20.0. The number of halogens is 3. The number of nitrogens with one attached hydrogen (secondary N) is 2. The van der Waals surface area contributed by atoms with Crippen molar-refractivity contribution >= 4 is 28.5 Å². The summed E-state index contributed by atoms with van der Waals surface area (Å²) >= 11 is 0. The van der Waals surface area contributed by atoms with E-state index in [2.05, 4.69) is 10.3 Å². The fraction of sp³-hybridized carbons (Fsp3) is 0.333. The highest BCUT2D eigenvalue weighted by Gasteiger charge is 2.30. The van der Waals surface area contributed by atoms with Gasteiger partial charge in [0, 0.05) is 42.4 Å². The largest absolute Gasteiger partial charge is 0.416 e. The smallest absolute Gasteiger partial charge is 0.361 e. The Morgan fingerprint density at radius 3 is 2.29 bits per heavy atom. The van der Waals surface area contributed by atoms with Crippen LogP contribution in [0.15, 0.2) is 79.0 Å². The highest BCUT2D eigenvalue weighted by Crippen LogP contribution is 2.29. The van der Waals surface area contributed by atoms with E-state index in [4.69, 9.17) is 0 Å². The van der Waals surface area contributed by atoms with Crippen molar-refractivity contribution in [1.29, 1.82) is 0 Å². The number of fused-ring (bicyclic) bond motifs is 1. The van der Waals surface area contributed by atoms with Crippen molar-refractivity contribution < 1.29 is 22.8 Å². The average molecular weight is 579 g/mol. The SMILES string of the molecule is CCc1ccccc1NC(=O)N(CC(=O)N(CCc1c[nH]c2ccccc12)Cc1ccc(C(F)(F)F)cc1)CC(C)C. The molecule has 4 rings (SSSR count). The summed E-state index contributed by atoms with van der Waals surface area (Å²) in [5.74, 6) is -0.172. The second kappa shape index (κ2) is 13.6. The van der Waals surface area contributed by atoms with Gasteiger partial charge >= 0.3 is 12.2 Å². The predicted octanol–water partition coefficient (Wildman–Crippen LogP) is 7.51. The number of benzene rings is 3. The van der Waals surface area contributed by atoms with E-state index in [-0.39, 0.29) is 30.9 Å². The van der Waals surface area contributed by atoms with Gasteiger partial charge in [0.1, 0.15) is 6.54 Å². The van der Waals surface area contributed by atoms with Gasteiger partial charge in [0.25, 0.3) is 0 Å². The van der Waals surface area contributed by atoms with Gasteiger partial charge in [-0.25, -0.2) is 4.79 Å². The lowest BCUT2D eigenvalue weighted by Gasteiger charge is -2.29. The van der Waals surface area contributed by atoms with E-state index in [9.17, 15) is 22.8 Å².